The molecule has 138 valence electrons. The molecule has 0 atom stereocenters. The number of nitrogens with zero attached hydrogens (tertiary/aromatic N) is 5. The SMILES string of the molecule is CN=C(NCCSc1ccc(C)cc1)N1CCN(c2ncccn2)CC1. The van der Waals surface area contributed by atoms with E-state index in [1.807, 2.05) is 24.9 Å². The van der Waals surface area contributed by atoms with Gasteiger partial charge < -0.3 is 15.1 Å². The standard InChI is InChI=1S/C19H26N6S/c1-16-4-6-17(7-5-16)26-15-10-23-18(20-2)24-11-13-25(14-12-24)19-21-8-3-9-22-19/h3-9H,10-15H2,1-2H3,(H,20,23). The Hall–Kier alpha value is -2.28. The Morgan fingerprint density at radius 3 is 2.46 bits per heavy atom. The van der Waals surface area contributed by atoms with Gasteiger partial charge in [-0.15, -0.1) is 11.8 Å². The van der Waals surface area contributed by atoms with E-state index in [9.17, 15) is 0 Å². The first-order valence-corrected chi connectivity index (χ1v) is 9.92. The predicted octanol–water partition coefficient (Wildman–Crippen LogP) is 2.27. The smallest absolute Gasteiger partial charge is 0.225 e. The maximum Gasteiger partial charge on any atom is 0.225 e. The number of guanidine groups is 1. The number of anilines is 1. The summed E-state index contributed by atoms with van der Waals surface area (Å²) in [5, 5.41) is 3.48. The van der Waals surface area contributed by atoms with Crippen LogP contribution in [0.4, 0.5) is 5.95 Å². The molecule has 3 rings (SSSR count). The van der Waals surface area contributed by atoms with Crippen LogP contribution in [-0.2, 0) is 0 Å². The molecule has 26 heavy (non-hydrogen) atoms. The molecule has 2 heterocycles. The lowest BCUT2D eigenvalue weighted by Crippen LogP contribution is -2.53. The van der Waals surface area contributed by atoms with Crippen molar-refractivity contribution >= 4 is 23.7 Å². The van der Waals surface area contributed by atoms with Crippen LogP contribution in [0.1, 0.15) is 5.56 Å². The highest BCUT2D eigenvalue weighted by atomic mass is 32.2. The van der Waals surface area contributed by atoms with Crippen molar-refractivity contribution in [3.8, 4) is 0 Å². The van der Waals surface area contributed by atoms with Crippen LogP contribution in [0.3, 0.4) is 0 Å². The van der Waals surface area contributed by atoms with Crippen LogP contribution in [0.5, 0.6) is 0 Å². The van der Waals surface area contributed by atoms with Gasteiger partial charge in [0.15, 0.2) is 5.96 Å². The predicted molar refractivity (Wildman–Crippen MR) is 109 cm³/mol. The van der Waals surface area contributed by atoms with Gasteiger partial charge in [-0.05, 0) is 25.1 Å². The second-order valence-electron chi connectivity index (χ2n) is 6.16. The number of benzene rings is 1. The fourth-order valence-corrected chi connectivity index (χ4v) is 3.64. The third kappa shape index (κ3) is 5.11. The van der Waals surface area contributed by atoms with E-state index >= 15 is 0 Å². The summed E-state index contributed by atoms with van der Waals surface area (Å²) in [6.07, 6.45) is 3.59. The molecule has 1 fully saturated rings. The second kappa shape index (κ2) is 9.43. The fraction of sp³-hybridized carbons (Fsp3) is 0.421. The summed E-state index contributed by atoms with van der Waals surface area (Å²) in [5.41, 5.74) is 1.30. The molecule has 7 heteroatoms. The first kappa shape index (κ1) is 18.5. The van der Waals surface area contributed by atoms with E-state index in [2.05, 4.69) is 61.3 Å². The van der Waals surface area contributed by atoms with E-state index < -0.39 is 0 Å². The Morgan fingerprint density at radius 2 is 1.81 bits per heavy atom. The molecular weight excluding hydrogens is 344 g/mol. The van der Waals surface area contributed by atoms with Gasteiger partial charge >= 0.3 is 0 Å². The second-order valence-corrected chi connectivity index (χ2v) is 7.33. The lowest BCUT2D eigenvalue weighted by atomic mass is 10.2. The molecule has 1 aliphatic rings. The third-order valence-corrected chi connectivity index (χ3v) is 5.31. The van der Waals surface area contributed by atoms with E-state index in [4.69, 9.17) is 0 Å². The van der Waals surface area contributed by atoms with Gasteiger partial charge in [0.2, 0.25) is 5.95 Å². The van der Waals surface area contributed by atoms with Crippen molar-refractivity contribution in [2.75, 3.05) is 50.4 Å². The lowest BCUT2D eigenvalue weighted by molar-refractivity contribution is 0.371. The Kier molecular flexibility index (Phi) is 6.71. The number of hydrogen-bond donors (Lipinski definition) is 1. The minimum absolute atomic E-state index is 0.810. The normalized spacial score (nSPS) is 15.2. The van der Waals surface area contributed by atoms with Crippen molar-refractivity contribution < 1.29 is 0 Å². The van der Waals surface area contributed by atoms with Gasteiger partial charge in [0.1, 0.15) is 0 Å². The van der Waals surface area contributed by atoms with E-state index in [1.54, 1.807) is 12.4 Å². The summed E-state index contributed by atoms with van der Waals surface area (Å²) < 4.78 is 0. The molecule has 0 saturated carbocycles. The Morgan fingerprint density at radius 1 is 1.12 bits per heavy atom. The van der Waals surface area contributed by atoms with Crippen molar-refractivity contribution in [1.82, 2.24) is 20.2 Å². The highest BCUT2D eigenvalue weighted by Gasteiger charge is 2.20. The molecule has 0 amide bonds. The number of aromatic nitrogens is 2. The van der Waals surface area contributed by atoms with Crippen molar-refractivity contribution in [2.45, 2.75) is 11.8 Å². The van der Waals surface area contributed by atoms with Crippen molar-refractivity contribution in [3.05, 3.63) is 48.3 Å². The molecule has 2 aromatic rings. The quantitative estimate of drug-likeness (QED) is 0.377. The summed E-state index contributed by atoms with van der Waals surface area (Å²) in [5.74, 6) is 2.80. The van der Waals surface area contributed by atoms with Crippen LogP contribution < -0.4 is 10.2 Å². The Balaban J connectivity index is 1.41. The molecule has 6 nitrogen and oxygen atoms in total. The summed E-state index contributed by atoms with van der Waals surface area (Å²) in [6.45, 7) is 6.66. The van der Waals surface area contributed by atoms with Crippen molar-refractivity contribution in [1.29, 1.82) is 0 Å². The average Bonchev–Trinajstić information content (AvgIpc) is 2.70. The number of hydrogen-bond acceptors (Lipinski definition) is 5. The average molecular weight is 371 g/mol. The largest absolute Gasteiger partial charge is 0.355 e. The minimum Gasteiger partial charge on any atom is -0.355 e. The molecule has 1 aromatic heterocycles. The van der Waals surface area contributed by atoms with Crippen LogP contribution in [-0.4, -0.2) is 66.4 Å². The van der Waals surface area contributed by atoms with Crippen molar-refractivity contribution in [3.63, 3.8) is 0 Å². The monoisotopic (exact) mass is 370 g/mol. The van der Waals surface area contributed by atoms with Gasteiger partial charge in [0, 0.05) is 62.8 Å². The van der Waals surface area contributed by atoms with E-state index in [0.717, 1.165) is 50.4 Å². The summed E-state index contributed by atoms with van der Waals surface area (Å²) >= 11 is 1.87. The molecule has 0 bridgehead atoms. The van der Waals surface area contributed by atoms with Crippen molar-refractivity contribution in [2.24, 2.45) is 4.99 Å². The minimum atomic E-state index is 0.810. The van der Waals surface area contributed by atoms with Crippen LogP contribution in [0, 0.1) is 6.92 Å². The van der Waals surface area contributed by atoms with Gasteiger partial charge in [0.05, 0.1) is 0 Å². The van der Waals surface area contributed by atoms with Crippen LogP contribution in [0.2, 0.25) is 0 Å². The van der Waals surface area contributed by atoms with Gasteiger partial charge in [0.25, 0.3) is 0 Å². The van der Waals surface area contributed by atoms with Gasteiger partial charge in [-0.2, -0.15) is 0 Å². The van der Waals surface area contributed by atoms with Gasteiger partial charge in [-0.3, -0.25) is 4.99 Å². The highest BCUT2D eigenvalue weighted by Crippen LogP contribution is 2.17. The number of rotatable bonds is 5. The van der Waals surface area contributed by atoms with Crippen LogP contribution >= 0.6 is 11.8 Å². The molecule has 0 unspecified atom stereocenters. The number of aryl methyl sites for hydroxylation is 1. The summed E-state index contributed by atoms with van der Waals surface area (Å²) in [7, 11) is 1.85. The highest BCUT2D eigenvalue weighted by molar-refractivity contribution is 7.99. The lowest BCUT2D eigenvalue weighted by Gasteiger charge is -2.36. The topological polar surface area (TPSA) is 56.7 Å². The number of nitrogens with one attached hydrogen (secondary N) is 1. The number of thioether (sulfide) groups is 1. The zero-order valence-electron chi connectivity index (χ0n) is 15.4. The molecular formula is C19H26N6S. The van der Waals surface area contributed by atoms with Gasteiger partial charge in [-0.25, -0.2) is 9.97 Å². The Labute approximate surface area is 159 Å². The molecule has 1 N–H and O–H groups in total. The van der Waals surface area contributed by atoms with Gasteiger partial charge in [-0.1, -0.05) is 17.7 Å². The van der Waals surface area contributed by atoms with E-state index in [1.165, 1.54) is 10.5 Å². The summed E-state index contributed by atoms with van der Waals surface area (Å²) in [4.78, 5) is 18.9. The molecule has 1 saturated heterocycles. The van der Waals surface area contributed by atoms with E-state index in [-0.39, 0.29) is 0 Å². The summed E-state index contributed by atoms with van der Waals surface area (Å²) in [6, 6.07) is 10.5. The van der Waals surface area contributed by atoms with E-state index in [0.29, 0.717) is 0 Å². The molecule has 0 spiro atoms. The maximum absolute atomic E-state index is 4.44. The number of aliphatic imine (C=N–C) groups is 1. The number of piperazine rings is 1. The first-order chi connectivity index (χ1) is 12.8. The molecule has 1 aliphatic heterocycles. The first-order valence-electron chi connectivity index (χ1n) is 8.93. The fourth-order valence-electron chi connectivity index (χ4n) is 2.87. The molecule has 0 radical (unpaired) electrons. The molecule has 0 aliphatic carbocycles. The third-order valence-electron chi connectivity index (χ3n) is 4.30. The molecule has 1 aromatic carbocycles. The zero-order chi connectivity index (χ0) is 18.2. The zero-order valence-corrected chi connectivity index (χ0v) is 16.2. The van der Waals surface area contributed by atoms with Crippen LogP contribution in [0.25, 0.3) is 0 Å². The Bertz CT molecular complexity index is 696. The van der Waals surface area contributed by atoms with Crippen LogP contribution in [0.15, 0.2) is 52.6 Å². The maximum atomic E-state index is 4.44.